The van der Waals surface area contributed by atoms with Crippen LogP contribution in [0.25, 0.3) is 0 Å². The molecule has 0 bridgehead atoms. The number of carboxylic acids is 1. The second-order valence-corrected chi connectivity index (χ2v) is 2.76. The van der Waals surface area contributed by atoms with Gasteiger partial charge in [0.15, 0.2) is 0 Å². The molecule has 1 rings (SSSR count). The van der Waals surface area contributed by atoms with E-state index in [1.807, 2.05) is 0 Å². The number of rotatable bonds is 6. The lowest BCUT2D eigenvalue weighted by molar-refractivity contribution is -0.140. The third kappa shape index (κ3) is 3.91. The number of amides is 1. The van der Waals surface area contributed by atoms with Crippen LogP contribution in [0.5, 0.6) is 0 Å². The van der Waals surface area contributed by atoms with Crippen molar-refractivity contribution in [1.82, 2.24) is 5.32 Å². The van der Waals surface area contributed by atoms with Crippen molar-refractivity contribution in [3.63, 3.8) is 0 Å². The molecule has 0 saturated carbocycles. The summed E-state index contributed by atoms with van der Waals surface area (Å²) in [5.41, 5.74) is 4.89. The van der Waals surface area contributed by atoms with Gasteiger partial charge in [-0.1, -0.05) is 0 Å². The first-order chi connectivity index (χ1) is 6.09. The summed E-state index contributed by atoms with van der Waals surface area (Å²) in [7, 11) is 1.47. The highest BCUT2D eigenvalue weighted by molar-refractivity contribution is 6.38. The smallest absolute Gasteiger partial charge is 0.342 e. The van der Waals surface area contributed by atoms with E-state index in [1.54, 1.807) is 0 Å². The van der Waals surface area contributed by atoms with E-state index in [4.69, 9.17) is 10.8 Å². The summed E-state index contributed by atoms with van der Waals surface area (Å²) in [5.74, 6) is -1.51. The lowest BCUT2D eigenvalue weighted by Crippen LogP contribution is -2.39. The van der Waals surface area contributed by atoms with Crippen molar-refractivity contribution in [2.24, 2.45) is 5.73 Å². The van der Waals surface area contributed by atoms with E-state index in [1.165, 1.54) is 7.48 Å². The Kier molecular flexibility index (Phi) is 3.27. The minimum Gasteiger partial charge on any atom is -0.480 e. The quantitative estimate of drug-likeness (QED) is 0.335. The topological polar surface area (TPSA) is 105 Å². The number of carbonyl (C=O) groups excluding carboxylic acids is 1. The first-order valence-electron chi connectivity index (χ1n) is 3.85. The highest BCUT2D eigenvalue weighted by Crippen LogP contribution is 2.05. The first kappa shape index (κ1) is 10.0. The molecule has 1 unspecified atom stereocenters. The predicted molar refractivity (Wildman–Crippen MR) is 43.6 cm³/mol. The highest BCUT2D eigenvalue weighted by Gasteiger charge is 2.31. The van der Waals surface area contributed by atoms with E-state index in [-0.39, 0.29) is 19.0 Å². The normalized spacial score (nSPS) is 21.7. The van der Waals surface area contributed by atoms with Crippen LogP contribution in [0, 0.1) is 0 Å². The van der Waals surface area contributed by atoms with Crippen LogP contribution in [0.1, 0.15) is 12.8 Å². The summed E-state index contributed by atoms with van der Waals surface area (Å²) < 4.78 is 4.68. The van der Waals surface area contributed by atoms with Crippen molar-refractivity contribution in [2.75, 3.05) is 0 Å². The van der Waals surface area contributed by atoms with Crippen LogP contribution in [0.4, 0.5) is 0 Å². The minimum atomic E-state index is -1.01. The van der Waals surface area contributed by atoms with Gasteiger partial charge in [0.2, 0.25) is 5.91 Å². The Bertz CT molecular complexity index is 219. The number of nitrogens with one attached hydrogen (secondary N) is 1. The number of nitrogens with two attached hydrogens (primary N) is 1. The van der Waals surface area contributed by atoms with Gasteiger partial charge in [-0.25, -0.2) is 0 Å². The highest BCUT2D eigenvalue weighted by atomic mass is 16.5. The summed E-state index contributed by atoms with van der Waals surface area (Å²) in [6, 6.07) is -0.781. The van der Waals surface area contributed by atoms with Gasteiger partial charge in [0.25, 0.3) is 0 Å². The molecule has 0 aromatic rings. The fraction of sp³-hybridized carbons (Fsp3) is 0.667. The van der Waals surface area contributed by atoms with E-state index >= 15 is 0 Å². The monoisotopic (exact) mass is 185 g/mol. The van der Waals surface area contributed by atoms with Crippen molar-refractivity contribution in [2.45, 2.75) is 25.0 Å². The van der Waals surface area contributed by atoms with Crippen LogP contribution >= 0.6 is 0 Å². The third-order valence-corrected chi connectivity index (χ3v) is 1.62. The second-order valence-electron chi connectivity index (χ2n) is 2.76. The molecule has 0 aliphatic carbocycles. The Morgan fingerprint density at radius 1 is 1.69 bits per heavy atom. The van der Waals surface area contributed by atoms with Gasteiger partial charge in [-0.05, 0) is 6.42 Å². The minimum absolute atomic E-state index is 0.0523. The van der Waals surface area contributed by atoms with Gasteiger partial charge in [0.1, 0.15) is 6.04 Å². The zero-order chi connectivity index (χ0) is 9.84. The average Bonchev–Trinajstić information content (AvgIpc) is 2.80. The predicted octanol–water partition coefficient (Wildman–Crippen LogP) is -1.77. The number of hydrogen-bond acceptors (Lipinski definition) is 4. The maximum Gasteiger partial charge on any atom is 0.342 e. The maximum atomic E-state index is 10.6. The van der Waals surface area contributed by atoms with Gasteiger partial charge in [-0.2, -0.15) is 0 Å². The summed E-state index contributed by atoms with van der Waals surface area (Å²) >= 11 is 0. The van der Waals surface area contributed by atoms with Gasteiger partial charge in [0, 0.05) is 6.42 Å². The molecule has 0 aromatic heterocycles. The van der Waals surface area contributed by atoms with Crippen LogP contribution in [-0.2, 0) is 14.2 Å². The van der Waals surface area contributed by atoms with Crippen molar-refractivity contribution >= 4 is 19.4 Å². The summed E-state index contributed by atoms with van der Waals surface area (Å²) in [6.07, 6.45) is -0.0660. The van der Waals surface area contributed by atoms with Crippen molar-refractivity contribution in [1.29, 1.82) is 0 Å². The van der Waals surface area contributed by atoms with E-state index in [0.717, 1.165) is 0 Å². The molecule has 1 amide bonds. The van der Waals surface area contributed by atoms with Gasteiger partial charge in [-0.3, -0.25) is 14.9 Å². The van der Waals surface area contributed by atoms with Crippen LogP contribution in [-0.4, -0.2) is 36.6 Å². The molecule has 13 heavy (non-hydrogen) atoms. The van der Waals surface area contributed by atoms with Crippen molar-refractivity contribution in [3.05, 3.63) is 0 Å². The largest absolute Gasteiger partial charge is 0.480 e. The molecule has 71 valence electrons. The van der Waals surface area contributed by atoms with E-state index in [2.05, 4.69) is 9.97 Å². The SMILES string of the molecule is NC(=O)CC[C@H](NC1[B]O1)C(=O)O. The van der Waals surface area contributed by atoms with Gasteiger partial charge in [0.05, 0.1) is 6.13 Å². The Balaban J connectivity index is 2.28. The van der Waals surface area contributed by atoms with Crippen LogP contribution in [0.2, 0.25) is 0 Å². The lowest BCUT2D eigenvalue weighted by Gasteiger charge is -2.11. The lowest BCUT2D eigenvalue weighted by atomic mass is 10.1. The summed E-state index contributed by atoms with van der Waals surface area (Å²) in [6.45, 7) is 0. The van der Waals surface area contributed by atoms with E-state index in [9.17, 15) is 9.59 Å². The molecule has 0 spiro atoms. The van der Waals surface area contributed by atoms with E-state index < -0.39 is 17.9 Å². The zero-order valence-corrected chi connectivity index (χ0v) is 6.90. The molecule has 1 aliphatic heterocycles. The number of hydrogen-bond donors (Lipinski definition) is 3. The Labute approximate surface area is 75.7 Å². The van der Waals surface area contributed by atoms with Gasteiger partial charge >= 0.3 is 13.5 Å². The van der Waals surface area contributed by atoms with Gasteiger partial charge < -0.3 is 15.5 Å². The molecule has 4 N–H and O–H groups in total. The Morgan fingerprint density at radius 2 is 2.31 bits per heavy atom. The van der Waals surface area contributed by atoms with Gasteiger partial charge in [-0.15, -0.1) is 0 Å². The van der Waals surface area contributed by atoms with Crippen LogP contribution in [0.3, 0.4) is 0 Å². The molecule has 1 saturated heterocycles. The molecular weight excluding hydrogens is 175 g/mol. The zero-order valence-electron chi connectivity index (χ0n) is 6.90. The second kappa shape index (κ2) is 4.24. The number of aliphatic carboxylic acids is 1. The summed E-state index contributed by atoms with van der Waals surface area (Å²) in [5, 5.41) is 11.3. The van der Waals surface area contributed by atoms with Crippen LogP contribution in [0.15, 0.2) is 0 Å². The molecule has 1 heterocycles. The number of primary amides is 1. The molecule has 2 atom stereocenters. The molecule has 0 aromatic carbocycles. The molecule has 6 nitrogen and oxygen atoms in total. The van der Waals surface area contributed by atoms with E-state index in [0.29, 0.717) is 0 Å². The molecular formula is C6H10BN2O4. The van der Waals surface area contributed by atoms with Crippen LogP contribution < -0.4 is 11.1 Å². The maximum absolute atomic E-state index is 10.6. The fourth-order valence-corrected chi connectivity index (χ4v) is 0.881. The summed E-state index contributed by atoms with van der Waals surface area (Å²) in [4.78, 5) is 21.0. The molecule has 1 radical (unpaired) electrons. The fourth-order valence-electron chi connectivity index (χ4n) is 0.881. The molecule has 1 fully saturated rings. The standard InChI is InChI=1S/C6H10BN2O4/c8-4(10)2-1-3(5(11)12)9-6-7-13-6/h3,6,9H,1-2H2,(H2,8,10)(H,11,12)/t3-,6?/m0/s1. The molecule has 1 aliphatic rings. The Hall–Kier alpha value is -1.08. The van der Waals surface area contributed by atoms with Crippen molar-refractivity contribution < 1.29 is 19.3 Å². The Morgan fingerprint density at radius 3 is 2.69 bits per heavy atom. The number of carbonyl (C=O) groups is 2. The number of carboxylic acid groups (broad SMARTS) is 1. The first-order valence-corrected chi connectivity index (χ1v) is 3.85. The van der Waals surface area contributed by atoms with Crippen molar-refractivity contribution in [3.8, 4) is 0 Å². The average molecular weight is 185 g/mol. The molecule has 7 heteroatoms. The third-order valence-electron chi connectivity index (χ3n) is 1.62.